The van der Waals surface area contributed by atoms with Crippen molar-refractivity contribution in [1.82, 2.24) is 24.6 Å². The van der Waals surface area contributed by atoms with Gasteiger partial charge >= 0.3 is 5.69 Å². The van der Waals surface area contributed by atoms with Gasteiger partial charge < -0.3 is 19.6 Å². The summed E-state index contributed by atoms with van der Waals surface area (Å²) in [5.74, 6) is -0.460. The van der Waals surface area contributed by atoms with Crippen LogP contribution < -0.4 is 5.69 Å². The lowest BCUT2D eigenvalue weighted by Gasteiger charge is -2.23. The molecule has 0 bridgehead atoms. The Hall–Kier alpha value is -4.02. The molecule has 2 aromatic heterocycles. The van der Waals surface area contributed by atoms with E-state index in [1.54, 1.807) is 28.6 Å². The molecule has 2 atom stereocenters. The summed E-state index contributed by atoms with van der Waals surface area (Å²) < 4.78 is 22.6. The molecular formula is C28H23BrFN5O3. The summed E-state index contributed by atoms with van der Waals surface area (Å²) in [6.45, 7) is 2.14. The third-order valence-corrected chi connectivity index (χ3v) is 7.21. The average Bonchev–Trinajstić information content (AvgIpc) is 3.58. The number of nitrogens with zero attached hydrogens (tertiary/aromatic N) is 3. The molecule has 1 aliphatic rings. The van der Waals surface area contributed by atoms with Crippen molar-refractivity contribution >= 4 is 32.9 Å². The molecule has 8 nitrogen and oxygen atoms in total. The highest BCUT2D eigenvalue weighted by molar-refractivity contribution is 9.10. The molecule has 38 heavy (non-hydrogen) atoms. The lowest BCUT2D eigenvalue weighted by molar-refractivity contribution is -0.130. The van der Waals surface area contributed by atoms with Gasteiger partial charge in [-0.2, -0.15) is 5.10 Å². The fourth-order valence-electron chi connectivity index (χ4n) is 4.75. The van der Waals surface area contributed by atoms with Crippen molar-refractivity contribution < 1.29 is 13.9 Å². The van der Waals surface area contributed by atoms with Crippen LogP contribution in [0.25, 0.3) is 28.0 Å². The van der Waals surface area contributed by atoms with E-state index in [-0.39, 0.29) is 17.4 Å². The summed E-state index contributed by atoms with van der Waals surface area (Å²) in [6, 6.07) is 19.5. The van der Waals surface area contributed by atoms with E-state index in [1.807, 2.05) is 48.7 Å². The number of H-pyrrole nitrogens is 2. The highest BCUT2D eigenvalue weighted by Gasteiger charge is 2.40. The molecule has 0 aliphatic carbocycles. The van der Waals surface area contributed by atoms with Crippen molar-refractivity contribution in [1.29, 1.82) is 0 Å². The van der Waals surface area contributed by atoms with Crippen molar-refractivity contribution in [2.75, 3.05) is 6.54 Å². The molecule has 0 saturated carbocycles. The molecule has 0 spiro atoms. The first-order valence-electron chi connectivity index (χ1n) is 12.1. The number of hydrogen-bond donors (Lipinski definition) is 2. The van der Waals surface area contributed by atoms with Gasteiger partial charge in [0, 0.05) is 28.3 Å². The topological polar surface area (TPSA) is 96.0 Å². The molecule has 0 unspecified atom stereocenters. The lowest BCUT2D eigenvalue weighted by atomic mass is 10.1. The summed E-state index contributed by atoms with van der Waals surface area (Å²) in [5.41, 5.74) is 5.04. The number of benzene rings is 3. The van der Waals surface area contributed by atoms with Crippen molar-refractivity contribution in [2.24, 2.45) is 0 Å². The number of aromatic amines is 2. The van der Waals surface area contributed by atoms with Crippen LogP contribution in [0.2, 0.25) is 0 Å². The number of amides is 1. The standard InChI is InChI=1S/C28H23BrFN5O3/c1-16-26(36)34(13-12-17-2-11-23-24(14-17)32-28(37)31-23)27(38-16)22-15-35(21-9-5-19(29)6-10-21)33-25(22)18-3-7-20(30)8-4-18/h2-11,14-16,27H,12-13H2,1H3,(H2,31,32,37)/t16-,27+/m1/s1. The summed E-state index contributed by atoms with van der Waals surface area (Å²) in [7, 11) is 0. The van der Waals surface area contributed by atoms with Crippen molar-refractivity contribution in [3.05, 3.63) is 105 Å². The van der Waals surface area contributed by atoms with Crippen LogP contribution in [0.3, 0.4) is 0 Å². The van der Waals surface area contributed by atoms with E-state index >= 15 is 0 Å². The summed E-state index contributed by atoms with van der Waals surface area (Å²) in [4.78, 5) is 32.0. The number of imidazole rings is 1. The highest BCUT2D eigenvalue weighted by Crippen LogP contribution is 2.37. The molecule has 5 aromatic rings. The van der Waals surface area contributed by atoms with E-state index in [2.05, 4.69) is 25.9 Å². The predicted octanol–water partition coefficient (Wildman–Crippen LogP) is 5.10. The molecule has 1 saturated heterocycles. The van der Waals surface area contributed by atoms with Gasteiger partial charge in [0.1, 0.15) is 17.6 Å². The van der Waals surface area contributed by atoms with Gasteiger partial charge in [0.15, 0.2) is 6.23 Å². The normalized spacial score (nSPS) is 17.6. The van der Waals surface area contributed by atoms with E-state index in [1.165, 1.54) is 12.1 Å². The number of ether oxygens (including phenoxy) is 1. The quantitative estimate of drug-likeness (QED) is 0.294. The molecule has 0 radical (unpaired) electrons. The van der Waals surface area contributed by atoms with Gasteiger partial charge in [0.05, 0.1) is 16.7 Å². The second kappa shape index (κ2) is 9.70. The fraction of sp³-hybridized carbons (Fsp3) is 0.179. The van der Waals surface area contributed by atoms with E-state index in [0.29, 0.717) is 24.2 Å². The second-order valence-corrected chi connectivity index (χ2v) is 10.1. The van der Waals surface area contributed by atoms with E-state index < -0.39 is 12.3 Å². The molecule has 1 fully saturated rings. The maximum atomic E-state index is 13.7. The van der Waals surface area contributed by atoms with Crippen LogP contribution in [0.4, 0.5) is 4.39 Å². The zero-order valence-electron chi connectivity index (χ0n) is 20.3. The Labute approximate surface area is 225 Å². The van der Waals surface area contributed by atoms with Gasteiger partial charge in [-0.3, -0.25) is 4.79 Å². The average molecular weight is 576 g/mol. The van der Waals surface area contributed by atoms with Crippen molar-refractivity contribution in [3.63, 3.8) is 0 Å². The van der Waals surface area contributed by atoms with Crippen LogP contribution in [0.15, 0.2) is 82.2 Å². The number of fused-ring (bicyclic) bond motifs is 1. The van der Waals surface area contributed by atoms with Crippen LogP contribution in [0, 0.1) is 5.82 Å². The smallest absolute Gasteiger partial charge is 0.323 e. The largest absolute Gasteiger partial charge is 0.341 e. The van der Waals surface area contributed by atoms with Gasteiger partial charge in [-0.05, 0) is 79.6 Å². The van der Waals surface area contributed by atoms with Crippen LogP contribution in [0.1, 0.15) is 24.3 Å². The number of hydrogen-bond acceptors (Lipinski definition) is 4. The van der Waals surface area contributed by atoms with Gasteiger partial charge in [0.25, 0.3) is 5.91 Å². The zero-order valence-corrected chi connectivity index (χ0v) is 21.9. The lowest BCUT2D eigenvalue weighted by Crippen LogP contribution is -2.32. The number of aromatic nitrogens is 4. The number of rotatable bonds is 6. The minimum Gasteiger partial charge on any atom is -0.341 e. The van der Waals surface area contributed by atoms with Gasteiger partial charge in [-0.1, -0.05) is 22.0 Å². The monoisotopic (exact) mass is 575 g/mol. The molecule has 3 heterocycles. The Morgan fingerprint density at radius 1 is 1.00 bits per heavy atom. The van der Waals surface area contributed by atoms with Crippen molar-refractivity contribution in [2.45, 2.75) is 25.7 Å². The maximum absolute atomic E-state index is 13.7. The minimum absolute atomic E-state index is 0.118. The summed E-state index contributed by atoms with van der Waals surface area (Å²) >= 11 is 3.46. The molecule has 2 N–H and O–H groups in total. The Morgan fingerprint density at radius 3 is 2.50 bits per heavy atom. The first-order valence-corrected chi connectivity index (χ1v) is 12.9. The van der Waals surface area contributed by atoms with E-state index in [9.17, 15) is 14.0 Å². The van der Waals surface area contributed by atoms with Crippen molar-refractivity contribution in [3.8, 4) is 16.9 Å². The van der Waals surface area contributed by atoms with Crippen LogP contribution in [-0.4, -0.2) is 43.2 Å². The zero-order chi connectivity index (χ0) is 26.4. The molecular weight excluding hydrogens is 553 g/mol. The molecule has 10 heteroatoms. The molecule has 3 aromatic carbocycles. The SMILES string of the molecule is C[C@H]1O[C@@H](c2cn(-c3ccc(Br)cc3)nc2-c2ccc(F)cc2)N(CCc2ccc3[nH]c(=O)[nH]c3c2)C1=O. The molecule has 192 valence electrons. The van der Waals surface area contributed by atoms with Crippen LogP contribution in [-0.2, 0) is 16.0 Å². The number of nitrogens with one attached hydrogen (secondary N) is 2. The Morgan fingerprint density at radius 2 is 1.74 bits per heavy atom. The first-order chi connectivity index (χ1) is 18.4. The summed E-state index contributed by atoms with van der Waals surface area (Å²) in [6.07, 6.45) is 1.13. The number of carbonyl (C=O) groups excluding carboxylic acids is 1. The minimum atomic E-state index is -0.669. The predicted molar refractivity (Wildman–Crippen MR) is 144 cm³/mol. The Bertz CT molecular complexity index is 1690. The fourth-order valence-corrected chi connectivity index (χ4v) is 5.02. The van der Waals surface area contributed by atoms with Crippen LogP contribution >= 0.6 is 15.9 Å². The first kappa shape index (κ1) is 24.3. The Kier molecular flexibility index (Phi) is 6.21. The van der Waals surface area contributed by atoms with E-state index in [4.69, 9.17) is 9.84 Å². The highest BCUT2D eigenvalue weighted by atomic mass is 79.9. The van der Waals surface area contributed by atoms with E-state index in [0.717, 1.165) is 32.3 Å². The third kappa shape index (κ3) is 4.57. The molecule has 1 aliphatic heterocycles. The number of carbonyl (C=O) groups is 1. The van der Waals surface area contributed by atoms with Gasteiger partial charge in [-0.15, -0.1) is 0 Å². The Balaban J connectivity index is 1.36. The molecule has 6 rings (SSSR count). The third-order valence-electron chi connectivity index (χ3n) is 6.69. The van der Waals surface area contributed by atoms with Gasteiger partial charge in [0.2, 0.25) is 0 Å². The maximum Gasteiger partial charge on any atom is 0.323 e. The van der Waals surface area contributed by atoms with Crippen LogP contribution in [0.5, 0.6) is 0 Å². The number of halogens is 2. The summed E-state index contributed by atoms with van der Waals surface area (Å²) in [5, 5.41) is 4.82. The second-order valence-electron chi connectivity index (χ2n) is 9.23. The van der Waals surface area contributed by atoms with Gasteiger partial charge in [-0.25, -0.2) is 13.9 Å². The molecule has 1 amide bonds.